The van der Waals surface area contributed by atoms with Crippen molar-refractivity contribution in [3.8, 4) is 5.75 Å². The average Bonchev–Trinajstić information content (AvgIpc) is 3.68. The monoisotopic (exact) mass is 574 g/mol. The van der Waals surface area contributed by atoms with E-state index in [9.17, 15) is 13.6 Å². The number of anilines is 1. The Balaban J connectivity index is 1.07. The number of likely N-dealkylation sites (tertiary alicyclic amines) is 2. The number of oxime groups is 1. The standard InChI is InChI=1S/C31H44F2N4O4/c1-4-39-26-17-25(36-14-10-31(32,33)11-15-36)24(22-6-7-22)16-23(26)19-35-20-30(21-35)18-27(34-41-30)37-12-8-29(3,9-13-37)28(38)40-5-2/h16-17,22H,4-15,18-21H2,1-3H3. The van der Waals surface area contributed by atoms with E-state index in [1.165, 1.54) is 5.56 Å². The number of alkyl halides is 2. The van der Waals surface area contributed by atoms with Crippen molar-refractivity contribution >= 4 is 17.5 Å². The SMILES string of the molecule is CCOC(=O)C1(C)CCN(C2=NOC3(C2)CN(Cc2cc(C4CC4)c(N4CCC(F)(F)CC4)cc2OCC)C3)CC1. The van der Waals surface area contributed by atoms with Crippen molar-refractivity contribution in [1.82, 2.24) is 9.80 Å². The number of hydrogen-bond donors (Lipinski definition) is 0. The average molecular weight is 575 g/mol. The van der Waals surface area contributed by atoms with Crippen LogP contribution >= 0.6 is 0 Å². The number of nitrogens with zero attached hydrogens (tertiary/aromatic N) is 4. The van der Waals surface area contributed by atoms with Crippen LogP contribution in [-0.4, -0.2) is 85.6 Å². The van der Waals surface area contributed by atoms with Gasteiger partial charge in [-0.05, 0) is 64.0 Å². The van der Waals surface area contributed by atoms with Gasteiger partial charge in [-0.25, -0.2) is 8.78 Å². The van der Waals surface area contributed by atoms with Crippen LogP contribution in [0.2, 0.25) is 0 Å². The summed E-state index contributed by atoms with van der Waals surface area (Å²) in [4.78, 5) is 25.2. The highest BCUT2D eigenvalue weighted by Crippen LogP contribution is 2.48. The number of piperidine rings is 2. The van der Waals surface area contributed by atoms with Crippen LogP contribution in [0.5, 0.6) is 5.75 Å². The number of carbonyl (C=O) groups is 1. The second-order valence-electron chi connectivity index (χ2n) is 12.9. The van der Waals surface area contributed by atoms with Crippen molar-refractivity contribution in [3.63, 3.8) is 0 Å². The minimum atomic E-state index is -2.56. The first-order chi connectivity index (χ1) is 19.6. The van der Waals surface area contributed by atoms with E-state index in [2.05, 4.69) is 32.0 Å². The molecule has 3 saturated heterocycles. The third kappa shape index (κ3) is 5.86. The molecule has 4 aliphatic heterocycles. The smallest absolute Gasteiger partial charge is 0.311 e. The Morgan fingerprint density at radius 1 is 1.02 bits per heavy atom. The van der Waals surface area contributed by atoms with Gasteiger partial charge in [-0.15, -0.1) is 0 Å². The molecule has 0 N–H and O–H groups in total. The number of rotatable bonds is 8. The summed E-state index contributed by atoms with van der Waals surface area (Å²) in [5.74, 6) is -0.313. The molecule has 0 unspecified atom stereocenters. The number of amidine groups is 1. The maximum atomic E-state index is 13.9. The maximum absolute atomic E-state index is 13.9. The number of halogens is 2. The van der Waals surface area contributed by atoms with E-state index in [4.69, 9.17) is 14.3 Å². The Bertz CT molecular complexity index is 1160. The molecule has 1 saturated carbocycles. The van der Waals surface area contributed by atoms with Gasteiger partial charge < -0.3 is 24.1 Å². The Hall–Kier alpha value is -2.62. The van der Waals surface area contributed by atoms with Gasteiger partial charge in [-0.3, -0.25) is 9.69 Å². The summed E-state index contributed by atoms with van der Waals surface area (Å²) in [5, 5.41) is 4.49. The first-order valence-electron chi connectivity index (χ1n) is 15.4. The predicted molar refractivity (Wildman–Crippen MR) is 153 cm³/mol. The van der Waals surface area contributed by atoms with Crippen molar-refractivity contribution in [2.24, 2.45) is 10.6 Å². The first kappa shape index (κ1) is 28.5. The molecule has 0 aromatic heterocycles. The maximum Gasteiger partial charge on any atom is 0.311 e. The van der Waals surface area contributed by atoms with Crippen molar-refractivity contribution in [2.75, 3.05) is 57.4 Å². The highest BCUT2D eigenvalue weighted by atomic mass is 19.3. The molecule has 1 aromatic rings. The minimum Gasteiger partial charge on any atom is -0.493 e. The highest BCUT2D eigenvalue weighted by Gasteiger charge is 2.51. The Morgan fingerprint density at radius 3 is 2.34 bits per heavy atom. The molecule has 0 radical (unpaired) electrons. The fraction of sp³-hybridized carbons (Fsp3) is 0.742. The van der Waals surface area contributed by atoms with Crippen LogP contribution in [0.1, 0.15) is 82.8 Å². The third-order valence-electron chi connectivity index (χ3n) is 9.61. The summed E-state index contributed by atoms with van der Waals surface area (Å²) in [5.41, 5.74) is 2.80. The summed E-state index contributed by atoms with van der Waals surface area (Å²) in [7, 11) is 0. The fourth-order valence-corrected chi connectivity index (χ4v) is 6.85. The molecule has 0 bridgehead atoms. The predicted octanol–water partition coefficient (Wildman–Crippen LogP) is 5.15. The molecular formula is C31H44F2N4O4. The van der Waals surface area contributed by atoms with E-state index in [1.807, 2.05) is 20.8 Å². The molecular weight excluding hydrogens is 530 g/mol. The van der Waals surface area contributed by atoms with Crippen molar-refractivity contribution in [2.45, 2.75) is 89.7 Å². The molecule has 1 aliphatic carbocycles. The van der Waals surface area contributed by atoms with Gasteiger partial charge in [-0.1, -0.05) is 5.16 Å². The Morgan fingerprint density at radius 2 is 1.71 bits per heavy atom. The molecule has 1 aromatic carbocycles. The van der Waals surface area contributed by atoms with Gasteiger partial charge in [0.2, 0.25) is 0 Å². The number of hydrogen-bond acceptors (Lipinski definition) is 8. The van der Waals surface area contributed by atoms with Crippen molar-refractivity contribution < 1.29 is 27.9 Å². The number of carbonyl (C=O) groups excluding carboxylic acids is 1. The van der Waals surface area contributed by atoms with Crippen LogP contribution in [0.3, 0.4) is 0 Å². The van der Waals surface area contributed by atoms with Gasteiger partial charge in [0, 0.05) is 76.0 Å². The topological polar surface area (TPSA) is 66.8 Å². The van der Waals surface area contributed by atoms with Gasteiger partial charge in [0.1, 0.15) is 11.6 Å². The summed E-state index contributed by atoms with van der Waals surface area (Å²) < 4.78 is 39.1. The van der Waals surface area contributed by atoms with Crippen molar-refractivity contribution in [1.29, 1.82) is 0 Å². The molecule has 8 nitrogen and oxygen atoms in total. The van der Waals surface area contributed by atoms with Gasteiger partial charge in [-0.2, -0.15) is 0 Å². The second kappa shape index (κ2) is 10.9. The Kier molecular flexibility index (Phi) is 7.57. The highest BCUT2D eigenvalue weighted by molar-refractivity contribution is 5.85. The van der Waals surface area contributed by atoms with E-state index >= 15 is 0 Å². The van der Waals surface area contributed by atoms with E-state index < -0.39 is 11.3 Å². The van der Waals surface area contributed by atoms with Gasteiger partial charge in [0.25, 0.3) is 5.92 Å². The van der Waals surface area contributed by atoms with Crippen molar-refractivity contribution in [3.05, 3.63) is 23.3 Å². The summed E-state index contributed by atoms with van der Waals surface area (Å²) in [6.45, 7) is 11.5. The lowest BCUT2D eigenvalue weighted by Gasteiger charge is -2.46. The zero-order valence-electron chi connectivity index (χ0n) is 24.7. The van der Waals surface area contributed by atoms with Crippen LogP contribution in [0, 0.1) is 5.41 Å². The molecule has 0 amide bonds. The van der Waals surface area contributed by atoms with Gasteiger partial charge in [0.05, 0.1) is 25.0 Å². The molecule has 226 valence electrons. The first-order valence-corrected chi connectivity index (χ1v) is 15.4. The van der Waals surface area contributed by atoms with E-state index in [1.54, 1.807) is 0 Å². The van der Waals surface area contributed by atoms with E-state index in [0.717, 1.165) is 87.7 Å². The number of esters is 1. The van der Waals surface area contributed by atoms with Gasteiger partial charge >= 0.3 is 5.97 Å². The number of ether oxygens (including phenoxy) is 2. The van der Waals surface area contributed by atoms with Crippen LogP contribution in [0.4, 0.5) is 14.5 Å². The molecule has 4 fully saturated rings. The normalized spacial score (nSPS) is 25.0. The zero-order chi connectivity index (χ0) is 28.8. The van der Waals surface area contributed by atoms with Crippen LogP contribution in [0.25, 0.3) is 0 Å². The number of benzene rings is 1. The molecule has 4 heterocycles. The van der Waals surface area contributed by atoms with E-state index in [-0.39, 0.29) is 24.4 Å². The largest absolute Gasteiger partial charge is 0.493 e. The summed E-state index contributed by atoms with van der Waals surface area (Å²) in [6, 6.07) is 4.39. The second-order valence-corrected chi connectivity index (χ2v) is 12.9. The van der Waals surface area contributed by atoms with Crippen LogP contribution in [0.15, 0.2) is 17.3 Å². The Labute approximate surface area is 241 Å². The summed E-state index contributed by atoms with van der Waals surface area (Å²) in [6.07, 6.45) is 4.41. The molecule has 0 atom stereocenters. The molecule has 1 spiro atoms. The lowest BCUT2D eigenvalue weighted by atomic mass is 9.80. The molecule has 5 aliphatic rings. The lowest BCUT2D eigenvalue weighted by Crippen LogP contribution is -2.61. The lowest BCUT2D eigenvalue weighted by molar-refractivity contribution is -0.156. The molecule has 41 heavy (non-hydrogen) atoms. The van der Waals surface area contributed by atoms with Crippen LogP contribution in [-0.2, 0) is 20.9 Å². The quantitative estimate of drug-likeness (QED) is 0.398. The fourth-order valence-electron chi connectivity index (χ4n) is 6.85. The van der Waals surface area contributed by atoms with Gasteiger partial charge in [0.15, 0.2) is 5.60 Å². The zero-order valence-corrected chi connectivity index (χ0v) is 24.7. The molecule has 10 heteroatoms. The minimum absolute atomic E-state index is 0.0924. The third-order valence-corrected chi connectivity index (χ3v) is 9.61. The summed E-state index contributed by atoms with van der Waals surface area (Å²) >= 11 is 0. The van der Waals surface area contributed by atoms with Crippen LogP contribution < -0.4 is 9.64 Å². The van der Waals surface area contributed by atoms with E-state index in [0.29, 0.717) is 32.2 Å². The molecule has 6 rings (SSSR count).